The Morgan fingerprint density at radius 2 is 0.805 bits per heavy atom. The van der Waals surface area contributed by atoms with Gasteiger partial charge in [-0.25, -0.2) is 39.5 Å². The number of carboxylic acids is 1. The van der Waals surface area contributed by atoms with E-state index in [2.05, 4.69) is 77.9 Å². The molecule has 0 fully saturated rings. The van der Waals surface area contributed by atoms with E-state index in [1.165, 1.54) is 52.2 Å². The van der Waals surface area contributed by atoms with Gasteiger partial charge in [0.15, 0.2) is 10.3 Å². The van der Waals surface area contributed by atoms with Crippen LogP contribution in [0, 0.1) is 5.26 Å². The molecule has 9 heterocycles. The van der Waals surface area contributed by atoms with Gasteiger partial charge in [-0.05, 0) is 222 Å². The lowest BCUT2D eigenvalue weighted by Crippen LogP contribution is -2.34. The molecule has 0 saturated heterocycles. The van der Waals surface area contributed by atoms with E-state index in [1.807, 2.05) is 146 Å². The maximum Gasteiger partial charge on any atom is 0.328 e. The second-order valence-corrected chi connectivity index (χ2v) is 29.7. The summed E-state index contributed by atoms with van der Waals surface area (Å²) in [5.41, 5.74) is 18.5. The van der Waals surface area contributed by atoms with Gasteiger partial charge in [-0.15, -0.1) is 0 Å². The second-order valence-electron chi connectivity index (χ2n) is 26.7. The zero-order valence-corrected chi connectivity index (χ0v) is 64.3. The van der Waals surface area contributed by atoms with Crippen LogP contribution in [-0.4, -0.2) is 124 Å². The molecule has 3 aliphatic rings. The maximum absolute atomic E-state index is 12.7. The molecule has 113 heavy (non-hydrogen) atoms. The molecule has 3 aliphatic heterocycles. The number of anilines is 5. The van der Waals surface area contributed by atoms with Crippen molar-refractivity contribution < 1.29 is 47.6 Å². The minimum Gasteiger partial charge on any atom is -0.494 e. The number of esters is 2. The SMILES string of the molecule is C.C.C.CCOC(=O)C(Cc1ccc(OCCCc2ccc3c(n2)NCCC3)cc1)Nc1nc2ccccc2s1.CCOC(=O)C(N)Cc1ccc(OCCCc2ccc3c(n2)NCCC3)cc1.Fc1nc2ccccc2s1.O=C(O)C(Cc1ccc(OCCCc2ccc3c(n2)NCCC3)cc1)Nc1nc2ccccc2s1. The van der Waals surface area contributed by atoms with Crippen LogP contribution in [0.15, 0.2) is 182 Å². The number of hydrogen-bond donors (Lipinski definition) is 7. The number of aliphatic carboxylic acids is 1. The van der Waals surface area contributed by atoms with Crippen LogP contribution >= 0.6 is 34.0 Å². The Bertz CT molecular complexity index is 4850. The lowest BCUT2D eigenvalue weighted by Gasteiger charge is -2.17. The smallest absolute Gasteiger partial charge is 0.328 e. The molecule has 25 heteroatoms. The number of aryl methyl sites for hydroxylation is 6. The number of carbonyl (C=O) groups excluding carboxylic acids is 2. The molecule has 0 saturated carbocycles. The number of nitrogens with one attached hydrogen (secondary N) is 5. The number of nitrogens with two attached hydrogens (primary N) is 1. The highest BCUT2D eigenvalue weighted by Crippen LogP contribution is 2.31. The van der Waals surface area contributed by atoms with Crippen LogP contribution in [0.5, 0.6) is 17.2 Å². The van der Waals surface area contributed by atoms with E-state index in [4.69, 9.17) is 44.4 Å². The third-order valence-electron chi connectivity index (χ3n) is 18.4. The first-order valence-electron chi connectivity index (χ1n) is 37.7. The Morgan fingerprint density at radius 3 is 1.19 bits per heavy atom. The second kappa shape index (κ2) is 44.4. The topological polar surface area (TPSA) is 281 Å². The van der Waals surface area contributed by atoms with Gasteiger partial charge >= 0.3 is 17.9 Å². The van der Waals surface area contributed by atoms with Crippen LogP contribution in [0.25, 0.3) is 30.6 Å². The van der Waals surface area contributed by atoms with E-state index in [0.29, 0.717) is 62.6 Å². The van der Waals surface area contributed by atoms with Gasteiger partial charge in [-0.3, -0.25) is 4.79 Å². The maximum atomic E-state index is 12.7. The van der Waals surface area contributed by atoms with Gasteiger partial charge in [0.25, 0.3) is 5.26 Å². The van der Waals surface area contributed by atoms with E-state index in [0.717, 1.165) is 194 Å². The fourth-order valence-electron chi connectivity index (χ4n) is 12.7. The van der Waals surface area contributed by atoms with Crippen LogP contribution in [0.2, 0.25) is 0 Å². The summed E-state index contributed by atoms with van der Waals surface area (Å²) in [6.07, 6.45) is 13.4. The number of ether oxygens (including phenoxy) is 5. The van der Waals surface area contributed by atoms with Crippen molar-refractivity contribution in [1.82, 2.24) is 29.9 Å². The van der Waals surface area contributed by atoms with Crippen molar-refractivity contribution in [3.8, 4) is 17.2 Å². The number of hydrogen-bond acceptors (Lipinski definition) is 23. The number of pyridine rings is 3. The number of aromatic nitrogens is 6. The minimum absolute atomic E-state index is 0. The molecule has 6 aromatic heterocycles. The van der Waals surface area contributed by atoms with Crippen molar-refractivity contribution in [3.63, 3.8) is 0 Å². The average Bonchev–Trinajstić information content (AvgIpc) is 1.77. The molecule has 0 aliphatic carbocycles. The summed E-state index contributed by atoms with van der Waals surface area (Å²) in [6, 6.07) is 57.3. The summed E-state index contributed by atoms with van der Waals surface area (Å²) >= 11 is 4.07. The van der Waals surface area contributed by atoms with Crippen molar-refractivity contribution in [1.29, 1.82) is 0 Å². The van der Waals surface area contributed by atoms with Gasteiger partial charge in [0, 0.05) is 49.6 Å². The molecule has 3 unspecified atom stereocenters. The Balaban J connectivity index is 0.000000181. The van der Waals surface area contributed by atoms with Crippen LogP contribution in [-0.2, 0) is 81.6 Å². The number of para-hydroxylation sites is 3. The molecular formula is C88H105FN12O9S3. The van der Waals surface area contributed by atoms with E-state index in [1.54, 1.807) is 13.0 Å². The van der Waals surface area contributed by atoms with Gasteiger partial charge in [0.05, 0.1) is 63.7 Å². The van der Waals surface area contributed by atoms with Crippen LogP contribution in [0.4, 0.5) is 32.1 Å². The fourth-order valence-corrected chi connectivity index (χ4v) is 15.3. The largest absolute Gasteiger partial charge is 0.494 e. The summed E-state index contributed by atoms with van der Waals surface area (Å²) in [7, 11) is 0. The van der Waals surface area contributed by atoms with Gasteiger partial charge in [0.1, 0.15) is 52.8 Å². The van der Waals surface area contributed by atoms with E-state index >= 15 is 0 Å². The first kappa shape index (κ1) is 86.1. The highest BCUT2D eigenvalue weighted by molar-refractivity contribution is 7.22. The molecule has 0 bridgehead atoms. The lowest BCUT2D eigenvalue weighted by molar-refractivity contribution is -0.145. The lowest BCUT2D eigenvalue weighted by atomic mass is 10.1. The molecule has 12 aromatic rings. The van der Waals surface area contributed by atoms with E-state index in [-0.39, 0.29) is 39.5 Å². The Morgan fingerprint density at radius 1 is 0.451 bits per heavy atom. The average molecular weight is 1590 g/mol. The fraction of sp³-hybridized carbons (Fsp3) is 0.352. The van der Waals surface area contributed by atoms with Crippen molar-refractivity contribution in [3.05, 3.63) is 238 Å². The molecule has 15 rings (SSSR count). The highest BCUT2D eigenvalue weighted by atomic mass is 32.1. The Labute approximate surface area is 674 Å². The first-order chi connectivity index (χ1) is 53.8. The molecule has 3 atom stereocenters. The Hall–Kier alpha value is -10.9. The molecule has 0 radical (unpaired) electrons. The van der Waals surface area contributed by atoms with Crippen LogP contribution in [0.1, 0.15) is 125 Å². The number of benzene rings is 6. The van der Waals surface area contributed by atoms with Gasteiger partial charge < -0.3 is 61.1 Å². The summed E-state index contributed by atoms with van der Waals surface area (Å²) in [4.78, 5) is 63.1. The number of carboxylic acid groups (broad SMARTS) is 1. The van der Waals surface area contributed by atoms with Crippen LogP contribution in [0.3, 0.4) is 0 Å². The summed E-state index contributed by atoms with van der Waals surface area (Å²) in [6.45, 7) is 9.12. The zero-order chi connectivity index (χ0) is 76.2. The Kier molecular flexibility index (Phi) is 33.8. The van der Waals surface area contributed by atoms with Crippen molar-refractivity contribution in [2.75, 3.05) is 79.3 Å². The summed E-state index contributed by atoms with van der Waals surface area (Å²) in [5, 5.41) is 27.2. The zero-order valence-electron chi connectivity index (χ0n) is 61.9. The third-order valence-corrected chi connectivity index (χ3v) is 21.2. The van der Waals surface area contributed by atoms with Crippen molar-refractivity contribution >= 4 is 110 Å². The molecule has 0 amide bonds. The third kappa shape index (κ3) is 26.1. The molecular weight excluding hydrogens is 1480 g/mol. The number of carbonyl (C=O) groups is 3. The monoisotopic (exact) mass is 1590 g/mol. The van der Waals surface area contributed by atoms with E-state index in [9.17, 15) is 23.9 Å². The van der Waals surface area contributed by atoms with Gasteiger partial charge in [0.2, 0.25) is 0 Å². The number of fused-ring (bicyclic) bond motifs is 6. The quantitative estimate of drug-likeness (QED) is 0.0163. The summed E-state index contributed by atoms with van der Waals surface area (Å²) < 4.78 is 43.4. The van der Waals surface area contributed by atoms with Gasteiger partial charge in [-0.1, -0.05) is 147 Å². The minimum atomic E-state index is -0.907. The molecule has 8 N–H and O–H groups in total. The highest BCUT2D eigenvalue weighted by Gasteiger charge is 2.24. The summed E-state index contributed by atoms with van der Waals surface area (Å²) in [5.74, 6) is 3.96. The molecule has 596 valence electrons. The normalized spacial score (nSPS) is 13.0. The predicted molar refractivity (Wildman–Crippen MR) is 458 cm³/mol. The van der Waals surface area contributed by atoms with Crippen LogP contribution < -0.4 is 46.5 Å². The molecule has 0 spiro atoms. The van der Waals surface area contributed by atoms with Crippen molar-refractivity contribution in [2.24, 2.45) is 5.73 Å². The number of rotatable bonds is 30. The predicted octanol–water partition coefficient (Wildman–Crippen LogP) is 18.0. The van der Waals surface area contributed by atoms with E-state index < -0.39 is 24.1 Å². The molecule has 21 nitrogen and oxygen atoms in total. The number of halogens is 1. The standard InChI is InChI=1S/C29H32N4O3S.C27H28N4O3S.C22H29N3O3.C7H4FNS.3CH4/c1-2-35-28(34)25(33-29-32-24-9-3-4-10-26(24)37-29)19-20-11-15-23(16-12-20)36-18-6-8-22-14-13-21-7-5-17-30-27(21)31-22;32-26(33)23(31-27-30-22-7-1-2-8-24(22)35-27)17-18-9-13-21(14-10-18)34-16-4-6-20-12-11-19-5-3-15-28-25(19)29-20;1-2-27-22(26)20(23)15-16-7-11-19(12-8-16)28-14-4-6-18-10-9-17-5-3-13-24-21(17)25-18;8-7-9-5-3-1-2-4-6(5)10-7;;;/h3-4,9-16,25H,2,5-8,17-19H2,1H3,(H,30,31)(H,32,33);1-2,7-14,23H,3-6,15-17H2,(H,28,29)(H,30,31)(H,32,33);7-12,20H,2-6,13-15,23H2,1H3,(H,24,25);1-4H;3*1H4. The van der Waals surface area contributed by atoms with Gasteiger partial charge in [-0.2, -0.15) is 4.39 Å². The van der Waals surface area contributed by atoms with Crippen molar-refractivity contribution in [2.45, 2.75) is 151 Å². The number of nitrogens with zero attached hydrogens (tertiary/aromatic N) is 6. The number of thiazole rings is 3. The molecule has 6 aromatic carbocycles. The first-order valence-corrected chi connectivity index (χ1v) is 40.2.